The van der Waals surface area contributed by atoms with Crippen molar-refractivity contribution >= 4 is 12.0 Å². The van der Waals surface area contributed by atoms with Crippen LogP contribution in [0.3, 0.4) is 0 Å². The summed E-state index contributed by atoms with van der Waals surface area (Å²) in [6.07, 6.45) is 4.25. The number of piperidine rings is 1. The van der Waals surface area contributed by atoms with Crippen LogP contribution in [-0.4, -0.2) is 56.8 Å². The van der Waals surface area contributed by atoms with E-state index in [0.29, 0.717) is 32.4 Å². The van der Waals surface area contributed by atoms with Crippen molar-refractivity contribution < 1.29 is 14.7 Å². The molecule has 1 aliphatic heterocycles. The SMILES string of the molecule is CC1(C(=O)O)CCCN(C(=O)NCCCc2ncn[nH]2)C1. The third kappa shape index (κ3) is 3.93. The Balaban J connectivity index is 1.74. The number of nitrogens with one attached hydrogen (secondary N) is 2. The summed E-state index contributed by atoms with van der Waals surface area (Å²) in [6, 6.07) is -0.195. The number of aryl methyl sites for hydroxylation is 1. The number of aromatic amines is 1. The van der Waals surface area contributed by atoms with Crippen LogP contribution >= 0.6 is 0 Å². The van der Waals surface area contributed by atoms with Crippen molar-refractivity contribution in [1.82, 2.24) is 25.4 Å². The number of hydrogen-bond donors (Lipinski definition) is 3. The summed E-state index contributed by atoms with van der Waals surface area (Å²) in [5, 5.41) is 18.6. The lowest BCUT2D eigenvalue weighted by Crippen LogP contribution is -2.51. The minimum absolute atomic E-state index is 0.195. The lowest BCUT2D eigenvalue weighted by atomic mass is 9.82. The molecule has 1 atom stereocenters. The van der Waals surface area contributed by atoms with Gasteiger partial charge in [0.1, 0.15) is 12.2 Å². The van der Waals surface area contributed by atoms with Gasteiger partial charge in [-0.15, -0.1) is 0 Å². The second-order valence-electron chi connectivity index (χ2n) is 5.66. The van der Waals surface area contributed by atoms with Crippen LogP contribution in [0.1, 0.15) is 32.0 Å². The first-order valence-electron chi connectivity index (χ1n) is 7.12. The van der Waals surface area contributed by atoms with Gasteiger partial charge in [-0.25, -0.2) is 9.78 Å². The van der Waals surface area contributed by atoms with E-state index in [4.69, 9.17) is 0 Å². The molecule has 0 bridgehead atoms. The third-order valence-corrected chi connectivity index (χ3v) is 3.83. The van der Waals surface area contributed by atoms with E-state index >= 15 is 0 Å². The Hall–Kier alpha value is -2.12. The summed E-state index contributed by atoms with van der Waals surface area (Å²) in [5.41, 5.74) is -0.838. The number of urea groups is 1. The molecule has 1 aliphatic rings. The summed E-state index contributed by atoms with van der Waals surface area (Å²) in [7, 11) is 0. The maximum Gasteiger partial charge on any atom is 0.317 e. The first kappa shape index (κ1) is 15.3. The predicted molar refractivity (Wildman–Crippen MR) is 74.7 cm³/mol. The number of hydrogen-bond acceptors (Lipinski definition) is 4. The van der Waals surface area contributed by atoms with Crippen LogP contribution in [-0.2, 0) is 11.2 Å². The Labute approximate surface area is 122 Å². The van der Waals surface area contributed by atoms with Gasteiger partial charge in [-0.1, -0.05) is 0 Å². The molecule has 2 amide bonds. The van der Waals surface area contributed by atoms with Gasteiger partial charge in [0.25, 0.3) is 0 Å². The summed E-state index contributed by atoms with van der Waals surface area (Å²) in [4.78, 5) is 28.9. The van der Waals surface area contributed by atoms with Gasteiger partial charge in [0, 0.05) is 26.1 Å². The monoisotopic (exact) mass is 295 g/mol. The smallest absolute Gasteiger partial charge is 0.317 e. The Morgan fingerprint density at radius 2 is 2.38 bits per heavy atom. The van der Waals surface area contributed by atoms with Crippen molar-refractivity contribution in [2.45, 2.75) is 32.6 Å². The second kappa shape index (κ2) is 6.55. The molecule has 1 unspecified atom stereocenters. The number of carbonyl (C=O) groups excluding carboxylic acids is 1. The van der Waals surface area contributed by atoms with Gasteiger partial charge in [0.15, 0.2) is 0 Å². The number of carbonyl (C=O) groups is 2. The lowest BCUT2D eigenvalue weighted by Gasteiger charge is -2.37. The number of aliphatic carboxylic acids is 1. The van der Waals surface area contributed by atoms with Crippen molar-refractivity contribution in [1.29, 1.82) is 0 Å². The first-order valence-corrected chi connectivity index (χ1v) is 7.12. The van der Waals surface area contributed by atoms with E-state index in [2.05, 4.69) is 20.5 Å². The van der Waals surface area contributed by atoms with E-state index in [0.717, 1.165) is 12.2 Å². The largest absolute Gasteiger partial charge is 0.481 e. The number of rotatable bonds is 5. The molecule has 1 aromatic rings. The molecule has 21 heavy (non-hydrogen) atoms. The third-order valence-electron chi connectivity index (χ3n) is 3.83. The molecule has 0 radical (unpaired) electrons. The molecule has 3 N–H and O–H groups in total. The number of nitrogens with zero attached hydrogens (tertiary/aromatic N) is 3. The molecule has 1 saturated heterocycles. The molecule has 0 aromatic carbocycles. The minimum Gasteiger partial charge on any atom is -0.481 e. The van der Waals surface area contributed by atoms with Gasteiger partial charge in [-0.05, 0) is 26.2 Å². The van der Waals surface area contributed by atoms with E-state index in [9.17, 15) is 14.7 Å². The maximum atomic E-state index is 12.1. The molecule has 2 rings (SSSR count). The molecule has 0 aliphatic carbocycles. The summed E-state index contributed by atoms with van der Waals surface area (Å²) in [5.74, 6) is -0.0500. The van der Waals surface area contributed by atoms with Crippen LogP contribution in [0.4, 0.5) is 4.79 Å². The van der Waals surface area contributed by atoms with Crippen LogP contribution in [0.5, 0.6) is 0 Å². The second-order valence-corrected chi connectivity index (χ2v) is 5.66. The lowest BCUT2D eigenvalue weighted by molar-refractivity contribution is -0.150. The van der Waals surface area contributed by atoms with Gasteiger partial charge >= 0.3 is 12.0 Å². The average Bonchev–Trinajstić information content (AvgIpc) is 2.96. The van der Waals surface area contributed by atoms with Gasteiger partial charge in [-0.3, -0.25) is 9.89 Å². The standard InChI is InChI=1S/C13H21N5O3/c1-13(11(19)20)5-3-7-18(8-13)12(21)14-6-2-4-10-15-9-16-17-10/h9H,2-8H2,1H3,(H,14,21)(H,19,20)(H,15,16,17). The van der Waals surface area contributed by atoms with Crippen LogP contribution < -0.4 is 5.32 Å². The van der Waals surface area contributed by atoms with Crippen molar-refractivity contribution in [3.05, 3.63) is 12.2 Å². The Kier molecular flexibility index (Phi) is 4.77. The van der Waals surface area contributed by atoms with E-state index in [1.807, 2.05) is 0 Å². The van der Waals surface area contributed by atoms with E-state index in [1.54, 1.807) is 11.8 Å². The van der Waals surface area contributed by atoms with Crippen LogP contribution in [0, 0.1) is 5.41 Å². The van der Waals surface area contributed by atoms with Crippen molar-refractivity contribution in [3.63, 3.8) is 0 Å². The molecular formula is C13H21N5O3. The highest BCUT2D eigenvalue weighted by molar-refractivity contribution is 5.78. The highest BCUT2D eigenvalue weighted by atomic mass is 16.4. The minimum atomic E-state index is -0.842. The number of likely N-dealkylation sites (tertiary alicyclic amines) is 1. The van der Waals surface area contributed by atoms with E-state index < -0.39 is 11.4 Å². The maximum absolute atomic E-state index is 12.1. The predicted octanol–water partition coefficient (Wildman–Crippen LogP) is 0.634. The number of carboxylic acid groups (broad SMARTS) is 1. The molecule has 0 spiro atoms. The highest BCUT2D eigenvalue weighted by Gasteiger charge is 2.39. The van der Waals surface area contributed by atoms with Crippen LogP contribution in [0.2, 0.25) is 0 Å². The average molecular weight is 295 g/mol. The molecular weight excluding hydrogens is 274 g/mol. The van der Waals surface area contributed by atoms with E-state index in [1.165, 1.54) is 6.33 Å². The molecule has 0 saturated carbocycles. The van der Waals surface area contributed by atoms with E-state index in [-0.39, 0.29) is 12.6 Å². The van der Waals surface area contributed by atoms with Gasteiger partial charge in [0.2, 0.25) is 0 Å². The van der Waals surface area contributed by atoms with Crippen molar-refractivity contribution in [2.24, 2.45) is 5.41 Å². The molecule has 8 heteroatoms. The summed E-state index contributed by atoms with van der Waals surface area (Å²) in [6.45, 7) is 3.09. The zero-order chi connectivity index (χ0) is 15.3. The topological polar surface area (TPSA) is 111 Å². The van der Waals surface area contributed by atoms with Crippen molar-refractivity contribution in [3.8, 4) is 0 Å². The normalized spacial score (nSPS) is 22.0. The Morgan fingerprint density at radius 1 is 1.57 bits per heavy atom. The number of carboxylic acids is 1. The fourth-order valence-electron chi connectivity index (χ4n) is 2.50. The fourth-order valence-corrected chi connectivity index (χ4v) is 2.50. The zero-order valence-electron chi connectivity index (χ0n) is 12.1. The number of aromatic nitrogens is 3. The van der Waals surface area contributed by atoms with Gasteiger partial charge in [0.05, 0.1) is 5.41 Å². The molecule has 1 fully saturated rings. The summed E-state index contributed by atoms with van der Waals surface area (Å²) >= 11 is 0. The van der Waals surface area contributed by atoms with Gasteiger partial charge < -0.3 is 15.3 Å². The highest BCUT2D eigenvalue weighted by Crippen LogP contribution is 2.29. The first-order chi connectivity index (χ1) is 10.0. The van der Waals surface area contributed by atoms with Crippen molar-refractivity contribution in [2.75, 3.05) is 19.6 Å². The Bertz CT molecular complexity index is 490. The summed E-state index contributed by atoms with van der Waals surface area (Å²) < 4.78 is 0. The molecule has 116 valence electrons. The van der Waals surface area contributed by atoms with Crippen LogP contribution in [0.15, 0.2) is 6.33 Å². The zero-order valence-corrected chi connectivity index (χ0v) is 12.1. The quantitative estimate of drug-likeness (QED) is 0.690. The molecule has 2 heterocycles. The van der Waals surface area contributed by atoms with Crippen LogP contribution in [0.25, 0.3) is 0 Å². The number of amides is 2. The van der Waals surface area contributed by atoms with Gasteiger partial charge in [-0.2, -0.15) is 5.10 Å². The number of H-pyrrole nitrogens is 1. The molecule has 1 aromatic heterocycles. The molecule has 8 nitrogen and oxygen atoms in total. The fraction of sp³-hybridized carbons (Fsp3) is 0.692. The Morgan fingerprint density at radius 3 is 3.05 bits per heavy atom.